The van der Waals surface area contributed by atoms with Gasteiger partial charge in [0, 0.05) is 27.8 Å². The molecule has 0 unspecified atom stereocenters. The van der Waals surface area contributed by atoms with Crippen LogP contribution in [0.25, 0.3) is 0 Å². The minimum Gasteiger partial charge on any atom is -0.386 e. The molecule has 0 aromatic heterocycles. The van der Waals surface area contributed by atoms with Gasteiger partial charge >= 0.3 is 0 Å². The van der Waals surface area contributed by atoms with Gasteiger partial charge in [-0.25, -0.2) is 0 Å². The van der Waals surface area contributed by atoms with Crippen LogP contribution in [-0.2, 0) is 28.7 Å². The van der Waals surface area contributed by atoms with Gasteiger partial charge in [-0.15, -0.1) is 0 Å². The molecular formula is C39H68N6O7. The molecule has 13 heteroatoms. The van der Waals surface area contributed by atoms with Crippen molar-refractivity contribution in [1.29, 1.82) is 0 Å². The number of aliphatic hydroxyl groups excluding tert-OH is 1. The molecule has 1 aliphatic heterocycles. The molecule has 1 saturated heterocycles. The normalized spacial score (nSPS) is 20.0. The Kier molecular flexibility index (Phi) is 18.7. The minimum absolute atomic E-state index is 0.0148. The molecule has 10 atom stereocenters. The average Bonchev–Trinajstić information content (AvgIpc) is 3.60. The predicted molar refractivity (Wildman–Crippen MR) is 203 cm³/mol. The number of carbonyl (C=O) groups excluding carboxylic acids is 4. The molecule has 1 heterocycles. The van der Waals surface area contributed by atoms with Crippen molar-refractivity contribution in [2.75, 3.05) is 48.5 Å². The number of carbonyl (C=O) groups is 4. The molecule has 1 aromatic carbocycles. The molecule has 52 heavy (non-hydrogen) atoms. The largest absolute Gasteiger partial charge is 0.386 e. The molecule has 0 aliphatic carbocycles. The fourth-order valence-electron chi connectivity index (χ4n) is 7.74. The maximum atomic E-state index is 14.1. The number of rotatable bonds is 21. The van der Waals surface area contributed by atoms with Crippen molar-refractivity contribution in [2.24, 2.45) is 23.5 Å². The van der Waals surface area contributed by atoms with Gasteiger partial charge in [-0.05, 0) is 64.2 Å². The summed E-state index contributed by atoms with van der Waals surface area (Å²) in [5.74, 6) is -1.57. The average molecular weight is 733 g/mol. The Hall–Kier alpha value is -3.10. The number of nitrogens with one attached hydrogen (secondary N) is 2. The van der Waals surface area contributed by atoms with E-state index in [0.717, 1.165) is 12.8 Å². The van der Waals surface area contributed by atoms with E-state index in [2.05, 4.69) is 10.6 Å². The van der Waals surface area contributed by atoms with E-state index in [1.165, 1.54) is 0 Å². The Labute approximate surface area is 312 Å². The highest BCUT2D eigenvalue weighted by Gasteiger charge is 2.43. The highest BCUT2D eigenvalue weighted by atomic mass is 16.5. The lowest BCUT2D eigenvalue weighted by Gasteiger charge is -2.40. The standard InChI is InChI=1S/C39H68N6O7/c1-12-25(4)34(44(9)39(50)29(20-21-40)42-38(49)33(24(2)3)43(7)8)31(51-10)23-32(46)45-22-16-19-30(45)36(52-11)26(5)37(48)41-27(6)35(47)28-17-14-13-15-18-28/h13-15,17-18,24-27,29-31,33-36,47H,12,16,19-23,40H2,1-11H3,(H,41,48)(H,42,49)/t25-,26+,27+,29-,30-,31+,33-,34-,35+,36+/m0/s1. The summed E-state index contributed by atoms with van der Waals surface area (Å²) in [4.78, 5) is 60.3. The van der Waals surface area contributed by atoms with Crippen LogP contribution in [0.2, 0.25) is 0 Å². The van der Waals surface area contributed by atoms with Crippen molar-refractivity contribution in [3.8, 4) is 0 Å². The second-order valence-corrected chi connectivity index (χ2v) is 15.0. The first kappa shape index (κ1) is 45.1. The van der Waals surface area contributed by atoms with Gasteiger partial charge in [-0.2, -0.15) is 0 Å². The molecule has 1 fully saturated rings. The second kappa shape index (κ2) is 21.6. The van der Waals surface area contributed by atoms with Crippen LogP contribution in [0.3, 0.4) is 0 Å². The maximum absolute atomic E-state index is 14.1. The Balaban J connectivity index is 2.24. The molecule has 4 amide bonds. The highest BCUT2D eigenvalue weighted by molar-refractivity contribution is 5.90. The number of methoxy groups -OCH3 is 2. The van der Waals surface area contributed by atoms with Crippen LogP contribution in [0.4, 0.5) is 0 Å². The Morgan fingerprint density at radius 1 is 0.981 bits per heavy atom. The Bertz CT molecular complexity index is 1260. The van der Waals surface area contributed by atoms with Crippen LogP contribution in [0.1, 0.15) is 85.3 Å². The lowest BCUT2D eigenvalue weighted by Crippen LogP contribution is -2.58. The third kappa shape index (κ3) is 11.7. The zero-order valence-corrected chi connectivity index (χ0v) is 33.5. The van der Waals surface area contributed by atoms with Crippen molar-refractivity contribution in [3.63, 3.8) is 0 Å². The topological polar surface area (TPSA) is 167 Å². The van der Waals surface area contributed by atoms with Gasteiger partial charge in [0.1, 0.15) is 6.04 Å². The quantitative estimate of drug-likeness (QED) is 0.149. The Morgan fingerprint density at radius 2 is 1.62 bits per heavy atom. The number of likely N-dealkylation sites (N-methyl/N-ethyl adjacent to an activating group) is 2. The molecule has 1 aliphatic rings. The molecule has 0 saturated carbocycles. The van der Waals surface area contributed by atoms with Crippen LogP contribution in [0.5, 0.6) is 0 Å². The van der Waals surface area contributed by atoms with Crippen molar-refractivity contribution in [2.45, 2.75) is 122 Å². The zero-order chi connectivity index (χ0) is 39.3. The fourth-order valence-corrected chi connectivity index (χ4v) is 7.74. The summed E-state index contributed by atoms with van der Waals surface area (Å²) in [6, 6.07) is 6.55. The van der Waals surface area contributed by atoms with E-state index in [4.69, 9.17) is 15.2 Å². The molecular weight excluding hydrogens is 664 g/mol. The lowest BCUT2D eigenvalue weighted by atomic mass is 9.89. The summed E-state index contributed by atoms with van der Waals surface area (Å²) < 4.78 is 11.9. The number of amides is 4. The van der Waals surface area contributed by atoms with Crippen molar-refractivity contribution in [1.82, 2.24) is 25.3 Å². The number of nitrogens with two attached hydrogens (primary N) is 1. The Morgan fingerprint density at radius 3 is 2.13 bits per heavy atom. The van der Waals surface area contributed by atoms with Crippen molar-refractivity contribution >= 4 is 23.6 Å². The van der Waals surface area contributed by atoms with Crippen LogP contribution in [0.15, 0.2) is 30.3 Å². The smallest absolute Gasteiger partial charge is 0.245 e. The summed E-state index contributed by atoms with van der Waals surface area (Å²) in [5.41, 5.74) is 6.63. The molecule has 0 radical (unpaired) electrons. The van der Waals surface area contributed by atoms with Gasteiger partial charge in [-0.3, -0.25) is 24.1 Å². The maximum Gasteiger partial charge on any atom is 0.245 e. The first-order valence-electron chi connectivity index (χ1n) is 18.9. The third-order valence-electron chi connectivity index (χ3n) is 10.8. The molecule has 0 spiro atoms. The van der Waals surface area contributed by atoms with Gasteiger partial charge in [0.2, 0.25) is 23.6 Å². The van der Waals surface area contributed by atoms with Crippen LogP contribution < -0.4 is 16.4 Å². The summed E-state index contributed by atoms with van der Waals surface area (Å²) in [5, 5.41) is 16.7. The number of likely N-dealkylation sites (tertiary alicyclic amines) is 1. The van der Waals surface area contributed by atoms with Crippen molar-refractivity contribution in [3.05, 3.63) is 35.9 Å². The van der Waals surface area contributed by atoms with Gasteiger partial charge in [0.25, 0.3) is 0 Å². The van der Waals surface area contributed by atoms with Crippen molar-refractivity contribution < 1.29 is 33.8 Å². The van der Waals surface area contributed by atoms with Gasteiger partial charge in [0.15, 0.2) is 0 Å². The lowest BCUT2D eigenvalue weighted by molar-refractivity contribution is -0.147. The molecule has 5 N–H and O–H groups in total. The molecule has 13 nitrogen and oxygen atoms in total. The summed E-state index contributed by atoms with van der Waals surface area (Å²) >= 11 is 0. The first-order valence-corrected chi connectivity index (χ1v) is 18.9. The summed E-state index contributed by atoms with van der Waals surface area (Å²) in [7, 11) is 8.47. The number of hydrogen-bond donors (Lipinski definition) is 4. The van der Waals surface area contributed by atoms with Crippen LogP contribution >= 0.6 is 0 Å². The molecule has 0 bridgehead atoms. The third-order valence-corrected chi connectivity index (χ3v) is 10.8. The predicted octanol–water partition coefficient (Wildman–Crippen LogP) is 2.56. The monoisotopic (exact) mass is 733 g/mol. The van der Waals surface area contributed by atoms with E-state index in [0.29, 0.717) is 18.5 Å². The minimum atomic E-state index is -0.880. The molecule has 2 rings (SSSR count). The van der Waals surface area contributed by atoms with E-state index in [1.807, 2.05) is 77.0 Å². The molecule has 1 aromatic rings. The number of aliphatic hydroxyl groups is 1. The highest BCUT2D eigenvalue weighted by Crippen LogP contribution is 2.30. The fraction of sp³-hybridized carbons (Fsp3) is 0.744. The number of benzene rings is 1. The van der Waals surface area contributed by atoms with E-state index in [9.17, 15) is 24.3 Å². The van der Waals surface area contributed by atoms with Gasteiger partial charge in [0.05, 0.1) is 54.8 Å². The van der Waals surface area contributed by atoms with E-state index < -0.39 is 48.4 Å². The van der Waals surface area contributed by atoms with E-state index in [-0.39, 0.29) is 60.9 Å². The van der Waals surface area contributed by atoms with Crippen LogP contribution in [-0.4, -0.2) is 134 Å². The molecule has 296 valence electrons. The van der Waals surface area contributed by atoms with Gasteiger partial charge < -0.3 is 40.7 Å². The van der Waals surface area contributed by atoms with E-state index in [1.54, 1.807) is 44.9 Å². The first-order chi connectivity index (χ1) is 24.5. The van der Waals surface area contributed by atoms with Crippen LogP contribution in [0, 0.1) is 17.8 Å². The SMILES string of the molecule is CC[C@H](C)[C@@H]([C@@H](CC(=O)N1CCC[C@H]1[C@H](OC)[C@@H](C)C(=O)N[C@H](C)[C@@H](O)c1ccccc1)OC)N(C)C(=O)[C@H](CCN)NC(=O)[C@H](C(C)C)N(C)C. The van der Waals surface area contributed by atoms with E-state index >= 15 is 0 Å². The van der Waals surface area contributed by atoms with Gasteiger partial charge in [-0.1, -0.05) is 71.4 Å². The summed E-state index contributed by atoms with van der Waals surface area (Å²) in [6.45, 7) is 12.2. The second-order valence-electron chi connectivity index (χ2n) is 15.0. The number of nitrogens with zero attached hydrogens (tertiary/aromatic N) is 3. The summed E-state index contributed by atoms with van der Waals surface area (Å²) in [6.07, 6.45) is 0.321. The number of hydrogen-bond acceptors (Lipinski definition) is 9. The zero-order valence-electron chi connectivity index (χ0n) is 33.5. The number of ether oxygens (including phenoxy) is 2.